The molecule has 0 saturated carbocycles. The second kappa shape index (κ2) is 6.96. The fourth-order valence-electron chi connectivity index (χ4n) is 1.99. The molecule has 2 aromatic carbocycles. The summed E-state index contributed by atoms with van der Waals surface area (Å²) in [5.41, 5.74) is 3.41. The maximum absolute atomic E-state index is 5.45. The van der Waals surface area contributed by atoms with Gasteiger partial charge in [-0.3, -0.25) is 0 Å². The summed E-state index contributed by atoms with van der Waals surface area (Å²) in [4.78, 5) is 0. The Bertz CT molecular complexity index is 629. The van der Waals surface area contributed by atoms with Crippen molar-refractivity contribution in [3.05, 3.63) is 54.9 Å². The summed E-state index contributed by atoms with van der Waals surface area (Å²) in [5, 5.41) is 3.44. The van der Waals surface area contributed by atoms with Crippen LogP contribution in [0.2, 0.25) is 0 Å². The Kier molecular flexibility index (Phi) is 5.52. The lowest BCUT2D eigenvalue weighted by atomic mass is 10.1. The first-order valence-electron chi connectivity index (χ1n) is 6.03. The fourth-order valence-corrected chi connectivity index (χ4v) is 3.94. The van der Waals surface area contributed by atoms with E-state index >= 15 is 0 Å². The van der Waals surface area contributed by atoms with Gasteiger partial charge in [0.25, 0.3) is 0 Å². The molecule has 0 aliphatic heterocycles. The normalized spacial score (nSPS) is 10.4. The number of aryl methyl sites for hydroxylation is 1. The van der Waals surface area contributed by atoms with Crippen LogP contribution in [0.4, 0.5) is 5.69 Å². The molecule has 0 atom stereocenters. The Labute approximate surface area is 144 Å². The first-order chi connectivity index (χ1) is 9.51. The van der Waals surface area contributed by atoms with Crippen LogP contribution in [0.5, 0.6) is 5.75 Å². The molecule has 0 unspecified atom stereocenters. The van der Waals surface area contributed by atoms with Crippen LogP contribution in [0.25, 0.3) is 0 Å². The number of rotatable bonds is 4. The van der Waals surface area contributed by atoms with E-state index in [-0.39, 0.29) is 0 Å². The van der Waals surface area contributed by atoms with Crippen molar-refractivity contribution in [1.82, 2.24) is 0 Å². The molecule has 0 fully saturated rings. The molecule has 2 rings (SSSR count). The van der Waals surface area contributed by atoms with Gasteiger partial charge in [0, 0.05) is 26.7 Å². The second-order valence-corrected chi connectivity index (χ2v) is 7.08. The minimum absolute atomic E-state index is 0.698. The number of hydrogen-bond acceptors (Lipinski definition) is 2. The SMILES string of the molecule is COc1c(Br)cc(Br)cc1CNc1ccc(Br)cc1C. The van der Waals surface area contributed by atoms with E-state index in [9.17, 15) is 0 Å². The Morgan fingerprint density at radius 3 is 2.45 bits per heavy atom. The van der Waals surface area contributed by atoms with Crippen LogP contribution in [0.1, 0.15) is 11.1 Å². The fraction of sp³-hybridized carbons (Fsp3) is 0.200. The van der Waals surface area contributed by atoms with Crippen LogP contribution in [0, 0.1) is 6.92 Å². The van der Waals surface area contributed by atoms with Crippen molar-refractivity contribution in [2.24, 2.45) is 0 Å². The maximum Gasteiger partial charge on any atom is 0.138 e. The largest absolute Gasteiger partial charge is 0.495 e. The topological polar surface area (TPSA) is 21.3 Å². The standard InChI is InChI=1S/C15H14Br3NO/c1-9-5-11(16)3-4-14(9)19-8-10-6-12(17)7-13(18)15(10)20-2/h3-7,19H,8H2,1-2H3. The van der Waals surface area contributed by atoms with Crippen LogP contribution in [0.15, 0.2) is 43.7 Å². The lowest BCUT2D eigenvalue weighted by molar-refractivity contribution is 0.407. The number of halogens is 3. The minimum atomic E-state index is 0.698. The van der Waals surface area contributed by atoms with E-state index in [1.807, 2.05) is 12.1 Å². The molecule has 20 heavy (non-hydrogen) atoms. The zero-order valence-corrected chi connectivity index (χ0v) is 15.9. The number of ether oxygens (including phenoxy) is 1. The van der Waals surface area contributed by atoms with Gasteiger partial charge in [0.15, 0.2) is 0 Å². The Hall–Kier alpha value is -0.520. The highest BCUT2D eigenvalue weighted by molar-refractivity contribution is 9.11. The number of hydrogen-bond donors (Lipinski definition) is 1. The molecule has 2 nitrogen and oxygen atoms in total. The molecule has 0 radical (unpaired) electrons. The molecule has 0 bridgehead atoms. The summed E-state index contributed by atoms with van der Waals surface area (Å²) in [6.45, 7) is 2.78. The Morgan fingerprint density at radius 1 is 1.05 bits per heavy atom. The van der Waals surface area contributed by atoms with Crippen LogP contribution in [0.3, 0.4) is 0 Å². The van der Waals surface area contributed by atoms with E-state index < -0.39 is 0 Å². The van der Waals surface area contributed by atoms with Gasteiger partial charge < -0.3 is 10.1 Å². The first kappa shape index (κ1) is 15.9. The van der Waals surface area contributed by atoms with E-state index in [0.717, 1.165) is 30.4 Å². The summed E-state index contributed by atoms with van der Waals surface area (Å²) < 4.78 is 8.51. The molecular weight excluding hydrogens is 450 g/mol. The second-order valence-electron chi connectivity index (χ2n) is 4.39. The highest BCUT2D eigenvalue weighted by Crippen LogP contribution is 2.33. The van der Waals surface area contributed by atoms with Gasteiger partial charge in [0.1, 0.15) is 5.75 Å². The van der Waals surface area contributed by atoms with E-state index in [0.29, 0.717) is 6.54 Å². The van der Waals surface area contributed by atoms with Crippen molar-refractivity contribution in [1.29, 1.82) is 0 Å². The van der Waals surface area contributed by atoms with E-state index in [4.69, 9.17) is 4.74 Å². The molecular formula is C15H14Br3NO. The summed E-state index contributed by atoms with van der Waals surface area (Å²) in [6, 6.07) is 10.2. The lowest BCUT2D eigenvalue weighted by Gasteiger charge is -2.14. The van der Waals surface area contributed by atoms with Gasteiger partial charge in [-0.15, -0.1) is 0 Å². The summed E-state index contributed by atoms with van der Waals surface area (Å²) in [7, 11) is 1.68. The minimum Gasteiger partial charge on any atom is -0.495 e. The predicted octanol–water partition coefficient (Wildman–Crippen LogP) is 5.90. The quantitative estimate of drug-likeness (QED) is 0.609. The molecule has 0 heterocycles. The molecule has 0 spiro atoms. The Morgan fingerprint density at radius 2 is 1.80 bits per heavy atom. The molecule has 0 aromatic heterocycles. The first-order valence-corrected chi connectivity index (χ1v) is 8.41. The molecule has 0 amide bonds. The molecule has 1 N–H and O–H groups in total. The molecule has 0 saturated heterocycles. The van der Waals surface area contributed by atoms with Crippen LogP contribution in [-0.2, 0) is 6.54 Å². The molecule has 0 aliphatic rings. The number of methoxy groups -OCH3 is 1. The zero-order chi connectivity index (χ0) is 14.7. The van der Waals surface area contributed by atoms with Gasteiger partial charge in [-0.2, -0.15) is 0 Å². The van der Waals surface area contributed by atoms with Crippen molar-refractivity contribution in [2.75, 3.05) is 12.4 Å². The highest BCUT2D eigenvalue weighted by atomic mass is 79.9. The zero-order valence-electron chi connectivity index (χ0n) is 11.1. The smallest absolute Gasteiger partial charge is 0.138 e. The van der Waals surface area contributed by atoms with Crippen molar-refractivity contribution in [2.45, 2.75) is 13.5 Å². The summed E-state index contributed by atoms with van der Waals surface area (Å²) in [5.74, 6) is 0.857. The summed E-state index contributed by atoms with van der Waals surface area (Å²) >= 11 is 10.5. The van der Waals surface area contributed by atoms with Gasteiger partial charge in [0.05, 0.1) is 11.6 Å². The maximum atomic E-state index is 5.45. The third-order valence-corrected chi connectivity index (χ3v) is 4.49. The third kappa shape index (κ3) is 3.77. The van der Waals surface area contributed by atoms with E-state index in [2.05, 4.69) is 78.2 Å². The van der Waals surface area contributed by atoms with Crippen LogP contribution in [-0.4, -0.2) is 7.11 Å². The van der Waals surface area contributed by atoms with Gasteiger partial charge in [-0.1, -0.05) is 31.9 Å². The van der Waals surface area contributed by atoms with Gasteiger partial charge >= 0.3 is 0 Å². The highest BCUT2D eigenvalue weighted by Gasteiger charge is 2.09. The van der Waals surface area contributed by atoms with Gasteiger partial charge in [-0.05, 0) is 58.7 Å². The van der Waals surface area contributed by atoms with Gasteiger partial charge in [-0.25, -0.2) is 0 Å². The van der Waals surface area contributed by atoms with Crippen molar-refractivity contribution >= 4 is 53.5 Å². The van der Waals surface area contributed by atoms with Crippen molar-refractivity contribution in [3.63, 3.8) is 0 Å². The average molecular weight is 464 g/mol. The third-order valence-electron chi connectivity index (χ3n) is 2.95. The van der Waals surface area contributed by atoms with E-state index in [1.54, 1.807) is 7.11 Å². The molecule has 106 valence electrons. The molecule has 2 aromatic rings. The monoisotopic (exact) mass is 461 g/mol. The number of benzene rings is 2. The van der Waals surface area contributed by atoms with Crippen molar-refractivity contribution in [3.8, 4) is 5.75 Å². The van der Waals surface area contributed by atoms with Crippen LogP contribution >= 0.6 is 47.8 Å². The number of anilines is 1. The Balaban J connectivity index is 2.22. The van der Waals surface area contributed by atoms with Crippen LogP contribution < -0.4 is 10.1 Å². The predicted molar refractivity (Wildman–Crippen MR) is 94.6 cm³/mol. The van der Waals surface area contributed by atoms with Gasteiger partial charge in [0.2, 0.25) is 0 Å². The lowest BCUT2D eigenvalue weighted by Crippen LogP contribution is -2.03. The molecule has 5 heteroatoms. The average Bonchev–Trinajstić information content (AvgIpc) is 2.37. The van der Waals surface area contributed by atoms with E-state index in [1.165, 1.54) is 5.56 Å². The summed E-state index contributed by atoms with van der Waals surface area (Å²) in [6.07, 6.45) is 0. The molecule has 0 aliphatic carbocycles. The number of nitrogens with one attached hydrogen (secondary N) is 1. The van der Waals surface area contributed by atoms with Crippen molar-refractivity contribution < 1.29 is 4.74 Å².